The quantitative estimate of drug-likeness (QED) is 0.556. The molecule has 1 N–H and O–H groups in total. The van der Waals surface area contributed by atoms with Gasteiger partial charge in [-0.05, 0) is 31.9 Å². The Kier molecular flexibility index (Phi) is 5.40. The Balaban J connectivity index is 1.50. The lowest BCUT2D eigenvalue weighted by Gasteiger charge is -2.24. The van der Waals surface area contributed by atoms with Crippen molar-refractivity contribution in [3.8, 4) is 11.8 Å². The molecular weight excluding hydrogens is 450 g/mol. The molecule has 0 bridgehead atoms. The summed E-state index contributed by atoms with van der Waals surface area (Å²) in [7, 11) is -2.79. The van der Waals surface area contributed by atoms with E-state index in [-0.39, 0.29) is 0 Å². The molecule has 2 aromatic heterocycles. The molecule has 11 nitrogen and oxygen atoms in total. The summed E-state index contributed by atoms with van der Waals surface area (Å²) in [4.78, 5) is 13.0. The first-order chi connectivity index (χ1) is 15.8. The molecule has 4 atom stereocenters. The lowest BCUT2D eigenvalue weighted by molar-refractivity contribution is -0.223. The maximum Gasteiger partial charge on any atom is 0.338 e. The minimum absolute atomic E-state index is 0.451. The molecule has 4 heterocycles. The molecule has 1 aromatic carbocycles. The van der Waals surface area contributed by atoms with Crippen LogP contribution < -0.4 is 4.72 Å². The maximum absolute atomic E-state index is 12.0. The largest absolute Gasteiger partial charge is 0.340 e. The molecule has 0 aliphatic carbocycles. The van der Waals surface area contributed by atoms with Crippen LogP contribution in [-0.4, -0.2) is 59.3 Å². The third-order valence-electron chi connectivity index (χ3n) is 5.19. The van der Waals surface area contributed by atoms with E-state index >= 15 is 0 Å². The Morgan fingerprint density at radius 1 is 1.09 bits per heavy atom. The van der Waals surface area contributed by atoms with E-state index in [0.717, 1.165) is 5.56 Å². The van der Waals surface area contributed by atoms with Gasteiger partial charge in [0.05, 0.1) is 6.33 Å². The van der Waals surface area contributed by atoms with Gasteiger partial charge in [0.15, 0.2) is 17.7 Å². The fourth-order valence-electron chi connectivity index (χ4n) is 3.80. The molecule has 33 heavy (non-hydrogen) atoms. The van der Waals surface area contributed by atoms with E-state index in [9.17, 15) is 8.42 Å². The zero-order valence-electron chi connectivity index (χ0n) is 18.0. The number of nitrogens with zero attached hydrogens (tertiary/aromatic N) is 4. The van der Waals surface area contributed by atoms with E-state index < -0.39 is 40.8 Å². The van der Waals surface area contributed by atoms with Crippen molar-refractivity contribution < 1.29 is 26.8 Å². The molecule has 3 aromatic rings. The van der Waals surface area contributed by atoms with Crippen molar-refractivity contribution in [3.63, 3.8) is 0 Å². The third kappa shape index (κ3) is 4.22. The van der Waals surface area contributed by atoms with E-state index in [4.69, 9.17) is 18.4 Å². The monoisotopic (exact) mass is 471 g/mol. The van der Waals surface area contributed by atoms with E-state index in [1.807, 2.05) is 30.3 Å². The van der Waals surface area contributed by atoms with E-state index in [0.29, 0.717) is 16.9 Å². The molecule has 0 amide bonds. The third-order valence-corrected chi connectivity index (χ3v) is 6.13. The first-order valence-electron chi connectivity index (χ1n) is 10.1. The molecule has 2 saturated heterocycles. The van der Waals surface area contributed by atoms with Crippen molar-refractivity contribution in [1.29, 1.82) is 0 Å². The molecule has 172 valence electrons. The molecule has 2 aliphatic heterocycles. The lowest BCUT2D eigenvalue weighted by atomic mass is 10.2. The van der Waals surface area contributed by atoms with Crippen LogP contribution >= 0.6 is 0 Å². The van der Waals surface area contributed by atoms with Gasteiger partial charge in [-0.3, -0.25) is 4.57 Å². The molecule has 0 radical (unpaired) electrons. The average Bonchev–Trinajstić information content (AvgIpc) is 3.44. The Labute approximate surface area is 190 Å². The Hall–Kier alpha value is -2.92. The molecule has 0 unspecified atom stereocenters. The van der Waals surface area contributed by atoms with Gasteiger partial charge in [0, 0.05) is 12.6 Å². The number of imidazole rings is 1. The van der Waals surface area contributed by atoms with Crippen molar-refractivity contribution in [1.82, 2.24) is 24.2 Å². The second kappa shape index (κ2) is 8.14. The van der Waals surface area contributed by atoms with Crippen LogP contribution in [0.5, 0.6) is 0 Å². The number of rotatable bonds is 4. The Morgan fingerprint density at radius 3 is 2.61 bits per heavy atom. The molecule has 12 heteroatoms. The number of hydrogen-bond donors (Lipinski definition) is 1. The Bertz CT molecular complexity index is 1350. The van der Waals surface area contributed by atoms with Crippen LogP contribution in [-0.2, 0) is 28.7 Å². The maximum atomic E-state index is 12.0. The van der Waals surface area contributed by atoms with Crippen molar-refractivity contribution in [3.05, 3.63) is 54.2 Å². The zero-order valence-corrected chi connectivity index (χ0v) is 18.8. The SMILES string of the molecule is CNS(=O)(=O)O[C@H]1O[C@@H](n2cnc3c(C#Cc4ccccc4)ncnc32)[C@@H]2OC(C)(C)O[C@@H]12. The normalized spacial score (nSPS) is 26.2. The molecule has 0 spiro atoms. The van der Waals surface area contributed by atoms with Gasteiger partial charge in [0.1, 0.15) is 29.7 Å². The number of nitrogens with one attached hydrogen (secondary N) is 1. The molecule has 5 rings (SSSR count). The standard InChI is InChI=1S/C21H21N5O6S/c1-21(2)30-16-17(31-21)20(32-33(27,28)22-3)29-19(16)26-12-25-15-14(23-11-24-18(15)26)10-9-13-7-5-4-6-8-13/h4-8,11-12,16-17,19-20,22H,1-3H3/t16-,17-,19-,20-/m1/s1. The van der Waals surface area contributed by atoms with Crippen molar-refractivity contribution in [2.24, 2.45) is 0 Å². The van der Waals surface area contributed by atoms with Gasteiger partial charge < -0.3 is 14.2 Å². The highest BCUT2D eigenvalue weighted by atomic mass is 32.2. The summed E-state index contributed by atoms with van der Waals surface area (Å²) in [5.74, 6) is 5.13. The van der Waals surface area contributed by atoms with Gasteiger partial charge in [-0.2, -0.15) is 13.1 Å². The smallest absolute Gasteiger partial charge is 0.338 e. The summed E-state index contributed by atoms with van der Waals surface area (Å²) in [6.07, 6.45) is -0.567. The van der Waals surface area contributed by atoms with Crippen LogP contribution in [0.2, 0.25) is 0 Å². The number of fused-ring (bicyclic) bond motifs is 2. The number of hydrogen-bond acceptors (Lipinski definition) is 9. The van der Waals surface area contributed by atoms with Gasteiger partial charge in [-0.1, -0.05) is 24.1 Å². The predicted octanol–water partition coefficient (Wildman–Crippen LogP) is 1.08. The zero-order chi connectivity index (χ0) is 23.2. The summed E-state index contributed by atoms with van der Waals surface area (Å²) in [5.41, 5.74) is 2.23. The van der Waals surface area contributed by atoms with E-state index in [1.54, 1.807) is 18.4 Å². The molecular formula is C21H21N5O6S. The summed E-state index contributed by atoms with van der Waals surface area (Å²) in [6.45, 7) is 3.47. The summed E-state index contributed by atoms with van der Waals surface area (Å²) in [6, 6.07) is 9.52. The minimum atomic E-state index is -4.03. The van der Waals surface area contributed by atoms with Crippen LogP contribution in [0.25, 0.3) is 11.2 Å². The lowest BCUT2D eigenvalue weighted by Crippen LogP contribution is -2.36. The Morgan fingerprint density at radius 2 is 1.85 bits per heavy atom. The van der Waals surface area contributed by atoms with Crippen molar-refractivity contribution >= 4 is 21.5 Å². The van der Waals surface area contributed by atoms with E-state index in [1.165, 1.54) is 19.7 Å². The number of benzene rings is 1. The van der Waals surface area contributed by atoms with Crippen LogP contribution in [0.3, 0.4) is 0 Å². The van der Waals surface area contributed by atoms with Gasteiger partial charge in [-0.15, -0.1) is 0 Å². The van der Waals surface area contributed by atoms with Crippen LogP contribution in [0.4, 0.5) is 0 Å². The van der Waals surface area contributed by atoms with Crippen LogP contribution in [0, 0.1) is 11.8 Å². The molecule has 2 aliphatic rings. The van der Waals surface area contributed by atoms with E-state index in [2.05, 4.69) is 31.5 Å². The highest BCUT2D eigenvalue weighted by molar-refractivity contribution is 7.84. The fourth-order valence-corrected chi connectivity index (χ4v) is 4.30. The summed E-state index contributed by atoms with van der Waals surface area (Å²) < 4.78 is 50.7. The summed E-state index contributed by atoms with van der Waals surface area (Å²) >= 11 is 0. The average molecular weight is 471 g/mol. The first kappa shape index (κ1) is 21.9. The molecule has 0 saturated carbocycles. The van der Waals surface area contributed by atoms with Crippen LogP contribution in [0.15, 0.2) is 43.0 Å². The molecule has 2 fully saturated rings. The van der Waals surface area contributed by atoms with Gasteiger partial charge in [0.25, 0.3) is 0 Å². The predicted molar refractivity (Wildman–Crippen MR) is 115 cm³/mol. The van der Waals surface area contributed by atoms with Crippen LogP contribution in [0.1, 0.15) is 31.3 Å². The topological polar surface area (TPSA) is 127 Å². The highest BCUT2D eigenvalue weighted by Crippen LogP contribution is 2.44. The van der Waals surface area contributed by atoms with Crippen molar-refractivity contribution in [2.75, 3.05) is 7.05 Å². The van der Waals surface area contributed by atoms with Gasteiger partial charge in [-0.25, -0.2) is 19.1 Å². The van der Waals surface area contributed by atoms with Gasteiger partial charge in [0.2, 0.25) is 6.29 Å². The minimum Gasteiger partial charge on any atom is -0.340 e. The highest BCUT2D eigenvalue weighted by Gasteiger charge is 2.58. The van der Waals surface area contributed by atoms with Crippen molar-refractivity contribution in [2.45, 2.75) is 44.4 Å². The second-order valence-corrected chi connectivity index (χ2v) is 9.39. The summed E-state index contributed by atoms with van der Waals surface area (Å²) in [5, 5.41) is 0. The van der Waals surface area contributed by atoms with Gasteiger partial charge >= 0.3 is 10.3 Å². The fraction of sp³-hybridized carbons (Fsp3) is 0.381. The number of aromatic nitrogens is 4. The second-order valence-electron chi connectivity index (χ2n) is 7.88. The number of ether oxygens (including phenoxy) is 3. The first-order valence-corrected chi connectivity index (χ1v) is 11.5.